The topological polar surface area (TPSA) is 109 Å². The molecule has 4 unspecified atom stereocenters. The van der Waals surface area contributed by atoms with Gasteiger partial charge in [0.2, 0.25) is 0 Å². The number of aliphatic carboxylic acids is 1. The summed E-state index contributed by atoms with van der Waals surface area (Å²) >= 11 is 0. The molecule has 2 amide bonds. The number of urea groups is 1. The first-order chi connectivity index (χ1) is 10.1. The normalized spacial score (nSPS) is 30.3. The standard InChI is InChI=1S/C13H19N5O3/c1-18-6-15-17-9(18)5-14-13(21)16-11-8-3-2-7(4-8)10(11)12(19)20/h6-8,10-11H,2-5H2,1H3,(H,19,20)(H2,14,16,21). The Kier molecular flexibility index (Phi) is 3.52. The van der Waals surface area contributed by atoms with Gasteiger partial charge in [0.15, 0.2) is 5.82 Å². The number of carboxylic acids is 1. The van der Waals surface area contributed by atoms with Gasteiger partial charge in [-0.15, -0.1) is 10.2 Å². The van der Waals surface area contributed by atoms with Crippen molar-refractivity contribution in [3.05, 3.63) is 12.2 Å². The van der Waals surface area contributed by atoms with E-state index >= 15 is 0 Å². The second-order valence-electron chi connectivity index (χ2n) is 5.91. The number of nitrogens with zero attached hydrogens (tertiary/aromatic N) is 3. The summed E-state index contributed by atoms with van der Waals surface area (Å²) in [5.41, 5.74) is 0. The monoisotopic (exact) mass is 293 g/mol. The SMILES string of the molecule is Cn1cnnc1CNC(=O)NC1C2CCC(C2)C1C(=O)O. The molecule has 0 spiro atoms. The van der Waals surface area contributed by atoms with Crippen molar-refractivity contribution in [2.24, 2.45) is 24.8 Å². The van der Waals surface area contributed by atoms with E-state index < -0.39 is 11.9 Å². The fourth-order valence-electron chi connectivity index (χ4n) is 3.68. The Labute approximate surface area is 121 Å². The number of hydrogen-bond acceptors (Lipinski definition) is 4. The summed E-state index contributed by atoms with van der Waals surface area (Å²) in [4.78, 5) is 23.4. The van der Waals surface area contributed by atoms with E-state index in [2.05, 4.69) is 20.8 Å². The predicted molar refractivity (Wildman–Crippen MR) is 72.1 cm³/mol. The number of fused-ring (bicyclic) bond motifs is 2. The average Bonchev–Trinajstić information content (AvgIpc) is 3.12. The zero-order valence-electron chi connectivity index (χ0n) is 11.8. The van der Waals surface area contributed by atoms with E-state index in [0.717, 1.165) is 19.3 Å². The Morgan fingerprint density at radius 1 is 1.43 bits per heavy atom. The minimum absolute atomic E-state index is 0.205. The maximum atomic E-state index is 12.0. The maximum absolute atomic E-state index is 12.0. The minimum Gasteiger partial charge on any atom is -0.481 e. The Hall–Kier alpha value is -2.12. The van der Waals surface area contributed by atoms with Crippen LogP contribution in [-0.4, -0.2) is 37.9 Å². The van der Waals surface area contributed by atoms with Crippen LogP contribution < -0.4 is 10.6 Å². The van der Waals surface area contributed by atoms with Gasteiger partial charge in [-0.05, 0) is 31.1 Å². The highest BCUT2D eigenvalue weighted by atomic mass is 16.4. The average molecular weight is 293 g/mol. The molecule has 2 bridgehead atoms. The molecular weight excluding hydrogens is 274 g/mol. The molecule has 21 heavy (non-hydrogen) atoms. The summed E-state index contributed by atoms with van der Waals surface area (Å²) in [6.45, 7) is 0.265. The molecule has 0 saturated heterocycles. The lowest BCUT2D eigenvalue weighted by Gasteiger charge is -2.28. The quantitative estimate of drug-likeness (QED) is 0.730. The van der Waals surface area contributed by atoms with Gasteiger partial charge >= 0.3 is 12.0 Å². The van der Waals surface area contributed by atoms with Crippen molar-refractivity contribution in [1.82, 2.24) is 25.4 Å². The number of aryl methyl sites for hydroxylation is 1. The van der Waals surface area contributed by atoms with Gasteiger partial charge in [-0.25, -0.2) is 4.79 Å². The fourth-order valence-corrected chi connectivity index (χ4v) is 3.68. The van der Waals surface area contributed by atoms with Gasteiger partial charge < -0.3 is 20.3 Å². The summed E-state index contributed by atoms with van der Waals surface area (Å²) in [5.74, 6) is -0.119. The van der Waals surface area contributed by atoms with Crippen LogP contribution in [0.25, 0.3) is 0 Å². The minimum atomic E-state index is -0.805. The number of aromatic nitrogens is 3. The highest BCUT2D eigenvalue weighted by molar-refractivity contribution is 5.77. The van der Waals surface area contributed by atoms with Crippen molar-refractivity contribution >= 4 is 12.0 Å². The van der Waals surface area contributed by atoms with Crippen LogP contribution >= 0.6 is 0 Å². The molecule has 0 aliphatic heterocycles. The number of amides is 2. The van der Waals surface area contributed by atoms with E-state index in [1.54, 1.807) is 17.9 Å². The largest absolute Gasteiger partial charge is 0.481 e. The van der Waals surface area contributed by atoms with Gasteiger partial charge in [-0.1, -0.05) is 0 Å². The third-order valence-corrected chi connectivity index (χ3v) is 4.71. The molecule has 1 aromatic heterocycles. The molecule has 4 atom stereocenters. The maximum Gasteiger partial charge on any atom is 0.315 e. The zero-order chi connectivity index (χ0) is 15.0. The van der Waals surface area contributed by atoms with Crippen LogP contribution in [0.3, 0.4) is 0 Å². The zero-order valence-corrected chi connectivity index (χ0v) is 11.8. The number of hydrogen-bond donors (Lipinski definition) is 3. The first-order valence-electron chi connectivity index (χ1n) is 7.16. The van der Waals surface area contributed by atoms with Gasteiger partial charge in [-0.2, -0.15) is 0 Å². The highest BCUT2D eigenvalue weighted by Crippen LogP contribution is 2.48. The third-order valence-electron chi connectivity index (χ3n) is 4.71. The molecule has 8 nitrogen and oxygen atoms in total. The molecule has 1 heterocycles. The molecule has 0 aromatic carbocycles. The molecule has 114 valence electrons. The molecule has 2 aliphatic rings. The summed E-state index contributed by atoms with van der Waals surface area (Å²) < 4.78 is 1.72. The van der Waals surface area contributed by atoms with Crippen LogP contribution in [0, 0.1) is 17.8 Å². The second-order valence-corrected chi connectivity index (χ2v) is 5.91. The number of carbonyl (C=O) groups is 2. The van der Waals surface area contributed by atoms with Gasteiger partial charge in [0.05, 0.1) is 12.5 Å². The first-order valence-corrected chi connectivity index (χ1v) is 7.16. The van der Waals surface area contributed by atoms with E-state index in [-0.39, 0.29) is 30.5 Å². The smallest absolute Gasteiger partial charge is 0.315 e. The summed E-state index contributed by atoms with van der Waals surface area (Å²) in [5, 5.41) is 22.5. The lowest BCUT2D eigenvalue weighted by Crippen LogP contribution is -2.50. The van der Waals surface area contributed by atoms with Crippen LogP contribution in [0.5, 0.6) is 0 Å². The van der Waals surface area contributed by atoms with Gasteiger partial charge in [-0.3, -0.25) is 4.79 Å². The number of rotatable bonds is 4. The first kappa shape index (κ1) is 13.8. The van der Waals surface area contributed by atoms with Gasteiger partial charge in [0, 0.05) is 13.1 Å². The summed E-state index contributed by atoms with van der Waals surface area (Å²) in [7, 11) is 1.80. The Bertz CT molecular complexity index is 558. The van der Waals surface area contributed by atoms with Crippen LogP contribution in [-0.2, 0) is 18.4 Å². The van der Waals surface area contributed by atoms with Crippen molar-refractivity contribution in [3.8, 4) is 0 Å². The van der Waals surface area contributed by atoms with Gasteiger partial charge in [0.1, 0.15) is 6.33 Å². The van der Waals surface area contributed by atoms with Gasteiger partial charge in [0.25, 0.3) is 0 Å². The number of carbonyl (C=O) groups excluding carboxylic acids is 1. The number of nitrogens with one attached hydrogen (secondary N) is 2. The van der Waals surface area contributed by atoms with E-state index in [9.17, 15) is 14.7 Å². The molecule has 2 aliphatic carbocycles. The third kappa shape index (κ3) is 2.57. The lowest BCUT2D eigenvalue weighted by atomic mass is 9.84. The molecule has 3 N–H and O–H groups in total. The van der Waals surface area contributed by atoms with Crippen LogP contribution in [0.15, 0.2) is 6.33 Å². The second kappa shape index (κ2) is 5.34. The molecule has 1 aromatic rings. The van der Waals surface area contributed by atoms with Crippen molar-refractivity contribution in [2.45, 2.75) is 31.8 Å². The van der Waals surface area contributed by atoms with Crippen molar-refractivity contribution in [2.75, 3.05) is 0 Å². The fraction of sp³-hybridized carbons (Fsp3) is 0.692. The molecular formula is C13H19N5O3. The lowest BCUT2D eigenvalue weighted by molar-refractivity contribution is -0.144. The van der Waals surface area contributed by atoms with E-state index in [1.807, 2.05) is 0 Å². The predicted octanol–water partition coefficient (Wildman–Crippen LogP) is 0.114. The van der Waals surface area contributed by atoms with Crippen molar-refractivity contribution < 1.29 is 14.7 Å². The van der Waals surface area contributed by atoms with E-state index in [4.69, 9.17) is 0 Å². The molecule has 2 fully saturated rings. The van der Waals surface area contributed by atoms with Crippen molar-refractivity contribution in [1.29, 1.82) is 0 Å². The van der Waals surface area contributed by atoms with E-state index in [0.29, 0.717) is 5.82 Å². The Morgan fingerprint density at radius 2 is 2.19 bits per heavy atom. The highest BCUT2D eigenvalue weighted by Gasteiger charge is 2.51. The van der Waals surface area contributed by atoms with Crippen LogP contribution in [0.4, 0.5) is 4.79 Å². The summed E-state index contributed by atoms with van der Waals surface area (Å²) in [6.07, 6.45) is 4.43. The van der Waals surface area contributed by atoms with Crippen molar-refractivity contribution in [3.63, 3.8) is 0 Å². The molecule has 8 heteroatoms. The molecule has 2 saturated carbocycles. The van der Waals surface area contributed by atoms with Crippen LogP contribution in [0.2, 0.25) is 0 Å². The Morgan fingerprint density at radius 3 is 2.86 bits per heavy atom. The molecule has 3 rings (SSSR count). The number of carboxylic acid groups (broad SMARTS) is 1. The summed E-state index contributed by atoms with van der Waals surface area (Å²) in [6, 6.07) is -0.609. The Balaban J connectivity index is 1.57. The van der Waals surface area contributed by atoms with E-state index in [1.165, 1.54) is 0 Å². The van der Waals surface area contributed by atoms with Crippen LogP contribution in [0.1, 0.15) is 25.1 Å². The molecule has 0 radical (unpaired) electrons.